The Kier molecular flexibility index (Phi) is 5.11. The number of aliphatic imine (C=N–C) groups is 1. The topological polar surface area (TPSA) is 12.4 Å². The molecule has 0 rings (SSSR count). The number of thiocarbonyl (C=S) groups is 1. The molecule has 0 aromatic heterocycles. The Bertz CT molecular complexity index is 112. The van der Waals surface area contributed by atoms with Crippen LogP contribution in [0.3, 0.4) is 0 Å². The van der Waals surface area contributed by atoms with Gasteiger partial charge in [-0.05, 0) is 13.8 Å². The van der Waals surface area contributed by atoms with Crippen LogP contribution in [-0.4, -0.2) is 15.9 Å². The molecule has 1 nitrogen and oxygen atoms in total. The average molecular weight is 147 g/mol. The predicted octanol–water partition coefficient (Wildman–Crippen LogP) is 1.65. The van der Waals surface area contributed by atoms with Gasteiger partial charge < -0.3 is 0 Å². The van der Waals surface area contributed by atoms with Gasteiger partial charge in [-0.3, -0.25) is 0 Å². The minimum Gasteiger partial charge on any atom is -0.244 e. The normalized spacial score (nSPS) is 12.2. The fourth-order valence-electron chi connectivity index (χ4n) is 0.254. The van der Waals surface area contributed by atoms with Gasteiger partial charge in [0.15, 0.2) is 4.32 Å². The highest BCUT2D eigenvalue weighted by Gasteiger charge is 1.75. The Labute approximate surface area is 58.8 Å². The van der Waals surface area contributed by atoms with Gasteiger partial charge in [-0.2, -0.15) is 0 Å². The van der Waals surface area contributed by atoms with Crippen molar-refractivity contribution in [2.45, 2.75) is 13.8 Å². The molecular formula is C5H9NS2. The summed E-state index contributed by atoms with van der Waals surface area (Å²) in [5.74, 6) is 0. The van der Waals surface area contributed by atoms with Gasteiger partial charge in [0.1, 0.15) is 0 Å². The summed E-state index contributed by atoms with van der Waals surface area (Å²) in [6.07, 6.45) is 1.71. The predicted molar refractivity (Wildman–Crippen MR) is 47.5 cm³/mol. The molecule has 8 heavy (non-hydrogen) atoms. The van der Waals surface area contributed by atoms with Crippen molar-refractivity contribution in [2.24, 2.45) is 4.99 Å². The molecule has 0 atom stereocenters. The van der Waals surface area contributed by atoms with E-state index in [-0.39, 0.29) is 0 Å². The lowest BCUT2D eigenvalue weighted by Crippen LogP contribution is -1.74. The van der Waals surface area contributed by atoms with E-state index in [0.29, 0.717) is 0 Å². The van der Waals surface area contributed by atoms with Crippen molar-refractivity contribution in [2.75, 3.05) is 0 Å². The third-order valence-corrected chi connectivity index (χ3v) is 1.50. The van der Waals surface area contributed by atoms with Crippen LogP contribution in [0.2, 0.25) is 0 Å². The highest BCUT2D eigenvalue weighted by molar-refractivity contribution is 8.21. The first-order chi connectivity index (χ1) is 3.81. The minimum absolute atomic E-state index is 0.731. The Morgan fingerprint density at radius 3 is 2.62 bits per heavy atom. The smallest absolute Gasteiger partial charge is 0.150 e. The highest BCUT2D eigenvalue weighted by atomic mass is 32.2. The van der Waals surface area contributed by atoms with Gasteiger partial charge in [0.05, 0.1) is 0 Å². The highest BCUT2D eigenvalue weighted by Crippen LogP contribution is 1.90. The van der Waals surface area contributed by atoms with Crippen LogP contribution in [0.25, 0.3) is 0 Å². The Morgan fingerprint density at radius 2 is 2.25 bits per heavy atom. The largest absolute Gasteiger partial charge is 0.244 e. The summed E-state index contributed by atoms with van der Waals surface area (Å²) < 4.78 is 0.731. The monoisotopic (exact) mass is 147 g/mol. The number of nitrogens with zero attached hydrogens (tertiary/aromatic N) is 1. The van der Waals surface area contributed by atoms with Gasteiger partial charge in [0, 0.05) is 6.21 Å². The molecular weight excluding hydrogens is 138 g/mol. The Balaban J connectivity index is 3.66. The summed E-state index contributed by atoms with van der Waals surface area (Å²) in [6, 6.07) is 0. The van der Waals surface area contributed by atoms with E-state index < -0.39 is 0 Å². The van der Waals surface area contributed by atoms with Crippen LogP contribution >= 0.6 is 23.6 Å². The van der Waals surface area contributed by atoms with E-state index in [9.17, 15) is 0 Å². The first-order valence-corrected chi connectivity index (χ1v) is 3.69. The van der Waals surface area contributed by atoms with Crippen LogP contribution in [-0.2, 0) is 0 Å². The second kappa shape index (κ2) is 5.12. The zero-order valence-electron chi connectivity index (χ0n) is 4.96. The van der Waals surface area contributed by atoms with Crippen molar-refractivity contribution in [1.82, 2.24) is 0 Å². The minimum atomic E-state index is 0.731. The van der Waals surface area contributed by atoms with Crippen molar-refractivity contribution < 1.29 is 0 Å². The van der Waals surface area contributed by atoms with E-state index in [0.717, 1.165) is 15.7 Å². The molecule has 0 spiro atoms. The summed E-state index contributed by atoms with van der Waals surface area (Å²) in [5, 5.41) is 1.97. The fraction of sp³-hybridized carbons (Fsp3) is 0.400. The van der Waals surface area contributed by atoms with Crippen LogP contribution < -0.4 is 0 Å². The molecule has 0 bridgehead atoms. The van der Waals surface area contributed by atoms with E-state index in [1.165, 1.54) is 0 Å². The average Bonchev–Trinajstić information content (AvgIpc) is 1.68. The maximum atomic E-state index is 4.81. The SMILES string of the molecule is CC=NC(=S)[SH]=CC. The molecule has 0 aliphatic heterocycles. The molecule has 46 valence electrons. The van der Waals surface area contributed by atoms with Gasteiger partial charge >= 0.3 is 0 Å². The fourth-order valence-corrected chi connectivity index (χ4v) is 1.08. The van der Waals surface area contributed by atoms with Crippen LogP contribution in [0.5, 0.6) is 0 Å². The number of hydrogen-bond acceptors (Lipinski definition) is 1. The first-order valence-electron chi connectivity index (χ1n) is 2.32. The Hall–Kier alpha value is -0.0200. The standard InChI is InChI=1S/C5H9NS2/c1-3-6-5(7)8-4-2/h3-4,8H,1-2H3. The lowest BCUT2D eigenvalue weighted by molar-refractivity contribution is 1.81. The summed E-state index contributed by atoms with van der Waals surface area (Å²) in [6.45, 7) is 3.82. The number of thiol groups is 1. The second-order valence-electron chi connectivity index (χ2n) is 1.06. The molecule has 0 fully saturated rings. The molecule has 0 unspecified atom stereocenters. The van der Waals surface area contributed by atoms with E-state index in [2.05, 4.69) is 4.99 Å². The number of rotatable bonds is 0. The van der Waals surface area contributed by atoms with Gasteiger partial charge in [0.2, 0.25) is 0 Å². The van der Waals surface area contributed by atoms with E-state index in [1.807, 2.05) is 19.2 Å². The Morgan fingerprint density at radius 1 is 1.62 bits per heavy atom. The van der Waals surface area contributed by atoms with Crippen LogP contribution in [0.4, 0.5) is 0 Å². The van der Waals surface area contributed by atoms with E-state index >= 15 is 0 Å². The maximum absolute atomic E-state index is 4.81. The molecule has 0 aromatic rings. The second-order valence-corrected chi connectivity index (χ2v) is 2.94. The maximum Gasteiger partial charge on any atom is 0.150 e. The summed E-state index contributed by atoms with van der Waals surface area (Å²) >= 11 is 5.85. The zero-order valence-corrected chi connectivity index (χ0v) is 6.67. The molecule has 3 heteroatoms. The van der Waals surface area contributed by atoms with Gasteiger partial charge in [-0.25, -0.2) is 4.99 Å². The zero-order chi connectivity index (χ0) is 6.41. The van der Waals surface area contributed by atoms with Crippen LogP contribution in [0.15, 0.2) is 4.99 Å². The molecule has 0 saturated heterocycles. The summed E-state index contributed by atoms with van der Waals surface area (Å²) in [4.78, 5) is 3.88. The first kappa shape index (κ1) is 7.98. The van der Waals surface area contributed by atoms with E-state index in [4.69, 9.17) is 12.2 Å². The van der Waals surface area contributed by atoms with Crippen LogP contribution in [0.1, 0.15) is 13.8 Å². The van der Waals surface area contributed by atoms with Gasteiger partial charge in [-0.15, -0.1) is 11.4 Å². The van der Waals surface area contributed by atoms with Gasteiger partial charge in [0.25, 0.3) is 0 Å². The third-order valence-electron chi connectivity index (χ3n) is 0.479. The lowest BCUT2D eigenvalue weighted by Gasteiger charge is -1.80. The third kappa shape index (κ3) is 4.15. The van der Waals surface area contributed by atoms with Gasteiger partial charge in [-0.1, -0.05) is 17.6 Å². The molecule has 0 aliphatic rings. The molecule has 0 saturated carbocycles. The van der Waals surface area contributed by atoms with Crippen molar-refractivity contribution >= 4 is 39.5 Å². The van der Waals surface area contributed by atoms with Crippen molar-refractivity contribution in [3.8, 4) is 0 Å². The molecule has 0 aromatic carbocycles. The van der Waals surface area contributed by atoms with Crippen molar-refractivity contribution in [3.05, 3.63) is 0 Å². The molecule has 0 heterocycles. The molecule has 0 aliphatic carbocycles. The van der Waals surface area contributed by atoms with Crippen LogP contribution in [0, 0.1) is 0 Å². The van der Waals surface area contributed by atoms with E-state index in [1.54, 1.807) is 6.21 Å². The summed E-state index contributed by atoms with van der Waals surface area (Å²) in [7, 11) is 0. The van der Waals surface area contributed by atoms with Crippen molar-refractivity contribution in [3.63, 3.8) is 0 Å². The molecule has 0 amide bonds. The summed E-state index contributed by atoms with van der Waals surface area (Å²) in [5.41, 5.74) is 0. The molecule has 0 radical (unpaired) electrons. The quantitative estimate of drug-likeness (QED) is 0.312. The van der Waals surface area contributed by atoms with Crippen molar-refractivity contribution in [1.29, 1.82) is 0 Å². The number of hydrogen-bond donors (Lipinski definition) is 1. The lowest BCUT2D eigenvalue weighted by atomic mass is 10.9. The molecule has 0 N–H and O–H groups in total.